The Morgan fingerprint density at radius 3 is 3.05 bits per heavy atom. The van der Waals surface area contributed by atoms with Crippen LogP contribution < -0.4 is 10.2 Å². The van der Waals surface area contributed by atoms with Crippen LogP contribution in [0, 0.1) is 0 Å². The summed E-state index contributed by atoms with van der Waals surface area (Å²) in [6, 6.07) is 4.85. The van der Waals surface area contributed by atoms with E-state index in [1.165, 1.54) is 18.7 Å². The van der Waals surface area contributed by atoms with Gasteiger partial charge in [-0.2, -0.15) is 0 Å². The Hall–Kier alpha value is -1.29. The van der Waals surface area contributed by atoms with Crippen molar-refractivity contribution in [1.29, 1.82) is 0 Å². The zero-order valence-corrected chi connectivity index (χ0v) is 12.4. The summed E-state index contributed by atoms with van der Waals surface area (Å²) >= 11 is 0. The van der Waals surface area contributed by atoms with Crippen LogP contribution in [0.5, 0.6) is 0 Å². The van der Waals surface area contributed by atoms with Crippen LogP contribution in [0.25, 0.3) is 0 Å². The first-order valence-corrected chi connectivity index (χ1v) is 7.36. The molecule has 1 aromatic heterocycles. The van der Waals surface area contributed by atoms with Gasteiger partial charge in [0.15, 0.2) is 0 Å². The van der Waals surface area contributed by atoms with E-state index < -0.39 is 0 Å². The molecule has 1 unspecified atom stereocenters. The van der Waals surface area contributed by atoms with E-state index in [2.05, 4.69) is 53.1 Å². The summed E-state index contributed by atoms with van der Waals surface area (Å²) < 4.78 is 0. The quantitative estimate of drug-likeness (QED) is 0.903. The van der Waals surface area contributed by atoms with Crippen LogP contribution in [0.4, 0.5) is 11.5 Å². The fourth-order valence-corrected chi connectivity index (χ4v) is 2.70. The molecule has 2 rings (SSSR count). The lowest BCUT2D eigenvalue weighted by atomic mass is 10.2. The summed E-state index contributed by atoms with van der Waals surface area (Å²) in [4.78, 5) is 9.31. The predicted molar refractivity (Wildman–Crippen MR) is 81.9 cm³/mol. The molecule has 4 heteroatoms. The number of hydrogen-bond donors (Lipinski definition) is 1. The summed E-state index contributed by atoms with van der Waals surface area (Å²) in [6.45, 7) is 8.90. The van der Waals surface area contributed by atoms with E-state index in [0.717, 1.165) is 31.9 Å². The van der Waals surface area contributed by atoms with Gasteiger partial charge in [-0.25, -0.2) is 4.98 Å². The molecule has 0 bridgehead atoms. The van der Waals surface area contributed by atoms with Gasteiger partial charge >= 0.3 is 0 Å². The Labute approximate surface area is 116 Å². The maximum atomic E-state index is 4.39. The maximum absolute atomic E-state index is 4.39. The van der Waals surface area contributed by atoms with Gasteiger partial charge in [0.25, 0.3) is 0 Å². The summed E-state index contributed by atoms with van der Waals surface area (Å²) in [5.74, 6) is 0.990. The van der Waals surface area contributed by atoms with E-state index in [1.54, 1.807) is 0 Å². The molecular weight excluding hydrogens is 236 g/mol. The number of hydrogen-bond acceptors (Lipinski definition) is 4. The molecule has 106 valence electrons. The highest BCUT2D eigenvalue weighted by atomic mass is 15.2. The van der Waals surface area contributed by atoms with Crippen LogP contribution in [0.2, 0.25) is 0 Å². The number of nitrogens with one attached hydrogen (secondary N) is 1. The van der Waals surface area contributed by atoms with Crippen molar-refractivity contribution in [3.05, 3.63) is 18.3 Å². The Kier molecular flexibility index (Phi) is 5.02. The third kappa shape index (κ3) is 3.83. The Morgan fingerprint density at radius 2 is 2.26 bits per heavy atom. The highest BCUT2D eigenvalue weighted by Crippen LogP contribution is 2.22. The normalized spacial score (nSPS) is 21.2. The minimum Gasteiger partial charge on any atom is -0.370 e. The van der Waals surface area contributed by atoms with Crippen LogP contribution in [0.15, 0.2) is 18.3 Å². The third-order valence-electron chi connectivity index (χ3n) is 3.68. The second-order valence-electron chi connectivity index (χ2n) is 5.48. The molecule has 1 N–H and O–H groups in total. The minimum absolute atomic E-state index is 0.550. The van der Waals surface area contributed by atoms with E-state index in [4.69, 9.17) is 0 Å². The van der Waals surface area contributed by atoms with Crippen molar-refractivity contribution in [3.8, 4) is 0 Å². The number of rotatable bonds is 4. The number of anilines is 2. The average Bonchev–Trinajstić information content (AvgIpc) is 2.57. The Bertz CT molecular complexity index is 393. The fraction of sp³-hybridized carbons (Fsp3) is 0.667. The molecule has 0 amide bonds. The molecule has 1 aliphatic heterocycles. The monoisotopic (exact) mass is 262 g/mol. The molecular formula is C15H26N4. The van der Waals surface area contributed by atoms with Crippen molar-refractivity contribution in [1.82, 2.24) is 9.88 Å². The minimum atomic E-state index is 0.550. The zero-order valence-electron chi connectivity index (χ0n) is 12.4. The fourth-order valence-electron chi connectivity index (χ4n) is 2.70. The van der Waals surface area contributed by atoms with Gasteiger partial charge in [-0.05, 0) is 39.4 Å². The van der Waals surface area contributed by atoms with E-state index in [0.29, 0.717) is 6.04 Å². The lowest BCUT2D eigenvalue weighted by Gasteiger charge is -2.30. The van der Waals surface area contributed by atoms with Gasteiger partial charge in [0.05, 0.1) is 0 Å². The van der Waals surface area contributed by atoms with E-state index in [9.17, 15) is 0 Å². The number of likely N-dealkylation sites (N-methyl/N-ethyl adjacent to an activating group) is 1. The van der Waals surface area contributed by atoms with Crippen molar-refractivity contribution in [3.63, 3.8) is 0 Å². The first kappa shape index (κ1) is 14.1. The molecule has 2 heterocycles. The van der Waals surface area contributed by atoms with Crippen molar-refractivity contribution in [2.45, 2.75) is 32.7 Å². The van der Waals surface area contributed by atoms with Crippen molar-refractivity contribution < 1.29 is 0 Å². The molecule has 1 aliphatic rings. The summed E-state index contributed by atoms with van der Waals surface area (Å²) in [6.07, 6.45) is 4.26. The molecule has 1 fully saturated rings. The van der Waals surface area contributed by atoms with Crippen LogP contribution in [0.1, 0.15) is 26.7 Å². The lowest BCUT2D eigenvalue weighted by Crippen LogP contribution is -2.37. The number of aromatic nitrogens is 1. The summed E-state index contributed by atoms with van der Waals surface area (Å²) in [5.41, 5.74) is 1.29. The highest BCUT2D eigenvalue weighted by molar-refractivity contribution is 5.54. The SMILES string of the molecule is CCCNc1cc(N2CCCN(C)CC2C)ccn1. The zero-order chi connectivity index (χ0) is 13.7. The highest BCUT2D eigenvalue weighted by Gasteiger charge is 2.20. The van der Waals surface area contributed by atoms with Gasteiger partial charge < -0.3 is 15.1 Å². The number of pyridine rings is 1. The molecule has 19 heavy (non-hydrogen) atoms. The third-order valence-corrected chi connectivity index (χ3v) is 3.68. The van der Waals surface area contributed by atoms with Gasteiger partial charge in [-0.15, -0.1) is 0 Å². The van der Waals surface area contributed by atoms with Gasteiger partial charge in [0, 0.05) is 43.6 Å². The second kappa shape index (κ2) is 6.75. The van der Waals surface area contributed by atoms with Crippen molar-refractivity contribution in [2.75, 3.05) is 43.4 Å². The number of nitrogens with zero attached hydrogens (tertiary/aromatic N) is 3. The summed E-state index contributed by atoms with van der Waals surface area (Å²) in [5, 5.41) is 3.36. The van der Waals surface area contributed by atoms with Gasteiger partial charge in [-0.1, -0.05) is 6.92 Å². The van der Waals surface area contributed by atoms with E-state index in [-0.39, 0.29) is 0 Å². The molecule has 0 radical (unpaired) electrons. The molecule has 0 spiro atoms. The second-order valence-corrected chi connectivity index (χ2v) is 5.48. The Balaban J connectivity index is 2.11. The summed E-state index contributed by atoms with van der Waals surface area (Å²) in [7, 11) is 2.21. The predicted octanol–water partition coefficient (Wildman–Crippen LogP) is 2.43. The maximum Gasteiger partial charge on any atom is 0.127 e. The smallest absolute Gasteiger partial charge is 0.127 e. The molecule has 0 saturated carbocycles. The first-order chi connectivity index (χ1) is 9.20. The Morgan fingerprint density at radius 1 is 1.42 bits per heavy atom. The molecule has 0 aliphatic carbocycles. The first-order valence-electron chi connectivity index (χ1n) is 7.36. The van der Waals surface area contributed by atoms with Gasteiger partial charge in [-0.3, -0.25) is 0 Å². The van der Waals surface area contributed by atoms with Gasteiger partial charge in [0.1, 0.15) is 5.82 Å². The average molecular weight is 262 g/mol. The van der Waals surface area contributed by atoms with Gasteiger partial charge in [0.2, 0.25) is 0 Å². The standard InChI is InChI=1S/C15H26N4/c1-4-7-16-15-11-14(6-8-17-15)19-10-5-9-18(3)12-13(19)2/h6,8,11,13H,4-5,7,9-10,12H2,1-3H3,(H,16,17). The lowest BCUT2D eigenvalue weighted by molar-refractivity contribution is 0.337. The molecule has 1 saturated heterocycles. The molecule has 4 nitrogen and oxygen atoms in total. The molecule has 0 aromatic carbocycles. The largest absolute Gasteiger partial charge is 0.370 e. The van der Waals surface area contributed by atoms with Crippen LogP contribution >= 0.6 is 0 Å². The van der Waals surface area contributed by atoms with Crippen molar-refractivity contribution >= 4 is 11.5 Å². The molecule has 1 aromatic rings. The topological polar surface area (TPSA) is 31.4 Å². The molecule has 1 atom stereocenters. The van der Waals surface area contributed by atoms with Crippen LogP contribution in [-0.2, 0) is 0 Å². The van der Waals surface area contributed by atoms with Crippen LogP contribution in [-0.4, -0.2) is 49.2 Å². The van der Waals surface area contributed by atoms with Crippen LogP contribution in [0.3, 0.4) is 0 Å². The van der Waals surface area contributed by atoms with Crippen molar-refractivity contribution in [2.24, 2.45) is 0 Å². The van der Waals surface area contributed by atoms with E-state index in [1.807, 2.05) is 6.20 Å². The van der Waals surface area contributed by atoms with E-state index >= 15 is 0 Å².